The molecule has 0 saturated carbocycles. The molecule has 0 bridgehead atoms. The summed E-state index contributed by atoms with van der Waals surface area (Å²) in [6.45, 7) is 3.28. The quantitative estimate of drug-likeness (QED) is 0.444. The van der Waals surface area contributed by atoms with E-state index in [0.717, 1.165) is 13.0 Å². The minimum Gasteiger partial charge on any atom is -0.232 e. The Kier molecular flexibility index (Phi) is 1.47. The average Bonchev–Trinajstić information content (AvgIpc) is 2.14. The summed E-state index contributed by atoms with van der Waals surface area (Å²) in [5.41, 5.74) is 1.45. The van der Waals surface area contributed by atoms with Crippen molar-refractivity contribution in [3.8, 4) is 0 Å². The van der Waals surface area contributed by atoms with E-state index in [-0.39, 0.29) is 0 Å². The molecule has 1 heteroatoms. The Balaban J connectivity index is 2.70. The van der Waals surface area contributed by atoms with Crippen LogP contribution in [0, 0.1) is 0 Å². The van der Waals surface area contributed by atoms with Gasteiger partial charge in [-0.15, -0.1) is 0 Å². The van der Waals surface area contributed by atoms with Gasteiger partial charge in [-0.25, -0.2) is 4.58 Å². The Bertz CT molecular complexity index is 142. The van der Waals surface area contributed by atoms with Gasteiger partial charge in [0, 0.05) is 12.5 Å². The van der Waals surface area contributed by atoms with E-state index < -0.39 is 0 Å². The molecule has 1 aliphatic rings. The third-order valence-corrected chi connectivity index (χ3v) is 1.54. The van der Waals surface area contributed by atoms with Gasteiger partial charge in [0.1, 0.15) is 7.05 Å². The molecular weight excluding hydrogens is 98.1 g/mol. The Labute approximate surface area is 50.3 Å². The van der Waals surface area contributed by atoms with Gasteiger partial charge in [0.25, 0.3) is 0 Å². The number of allylic oxidation sites excluding steroid dienone is 1. The van der Waals surface area contributed by atoms with Crippen LogP contribution in [0.4, 0.5) is 0 Å². The van der Waals surface area contributed by atoms with E-state index in [1.54, 1.807) is 0 Å². The smallest absolute Gasteiger partial charge is 0.175 e. The summed E-state index contributed by atoms with van der Waals surface area (Å²) >= 11 is 0. The van der Waals surface area contributed by atoms with Crippen molar-refractivity contribution in [1.29, 1.82) is 0 Å². The standard InChI is InChI=1S/C7H12N/c1-3-7-5-4-6-8(7)2/h4-5H,3,6H2,1-2H3/q+1. The van der Waals surface area contributed by atoms with Gasteiger partial charge >= 0.3 is 0 Å². The summed E-state index contributed by atoms with van der Waals surface area (Å²) in [5.74, 6) is 0. The van der Waals surface area contributed by atoms with Crippen LogP contribution in [0.2, 0.25) is 0 Å². The monoisotopic (exact) mass is 110 g/mol. The van der Waals surface area contributed by atoms with E-state index in [1.807, 2.05) is 0 Å². The summed E-state index contributed by atoms with van der Waals surface area (Å²) in [6, 6.07) is 0. The molecule has 0 amide bonds. The highest BCUT2D eigenvalue weighted by molar-refractivity contribution is 5.91. The fraction of sp³-hybridized carbons (Fsp3) is 0.571. The van der Waals surface area contributed by atoms with E-state index in [1.165, 1.54) is 5.71 Å². The van der Waals surface area contributed by atoms with Gasteiger partial charge in [0.15, 0.2) is 12.3 Å². The Morgan fingerprint density at radius 3 is 2.75 bits per heavy atom. The zero-order valence-corrected chi connectivity index (χ0v) is 5.52. The maximum Gasteiger partial charge on any atom is 0.175 e. The van der Waals surface area contributed by atoms with Gasteiger partial charge < -0.3 is 0 Å². The number of rotatable bonds is 1. The Morgan fingerprint density at radius 2 is 2.50 bits per heavy atom. The van der Waals surface area contributed by atoms with E-state index in [9.17, 15) is 0 Å². The maximum atomic E-state index is 2.26. The van der Waals surface area contributed by atoms with Crippen molar-refractivity contribution in [2.24, 2.45) is 0 Å². The zero-order valence-electron chi connectivity index (χ0n) is 5.52. The molecule has 0 aromatic rings. The number of nitrogens with zero attached hydrogens (tertiary/aromatic N) is 1. The lowest BCUT2D eigenvalue weighted by atomic mass is 10.3. The number of hydrogen-bond acceptors (Lipinski definition) is 0. The average molecular weight is 110 g/mol. The van der Waals surface area contributed by atoms with Crippen molar-refractivity contribution in [2.45, 2.75) is 13.3 Å². The minimum absolute atomic E-state index is 1.10. The first kappa shape index (κ1) is 5.54. The first-order valence-corrected chi connectivity index (χ1v) is 3.08. The van der Waals surface area contributed by atoms with Crippen LogP contribution in [0.5, 0.6) is 0 Å². The Morgan fingerprint density at radius 1 is 1.75 bits per heavy atom. The van der Waals surface area contributed by atoms with Crippen molar-refractivity contribution >= 4 is 5.71 Å². The molecule has 1 nitrogen and oxygen atoms in total. The molecule has 1 aliphatic heterocycles. The van der Waals surface area contributed by atoms with Gasteiger partial charge in [-0.2, -0.15) is 0 Å². The fourth-order valence-electron chi connectivity index (χ4n) is 0.979. The van der Waals surface area contributed by atoms with Gasteiger partial charge in [-0.3, -0.25) is 0 Å². The molecule has 0 N–H and O–H groups in total. The lowest BCUT2D eigenvalue weighted by Gasteiger charge is -1.88. The predicted molar refractivity (Wildman–Crippen MR) is 35.5 cm³/mol. The van der Waals surface area contributed by atoms with Crippen LogP contribution >= 0.6 is 0 Å². The normalized spacial score (nSPS) is 18.2. The third kappa shape index (κ3) is 0.808. The zero-order chi connectivity index (χ0) is 5.98. The summed E-state index contributed by atoms with van der Waals surface area (Å²) in [4.78, 5) is 0. The largest absolute Gasteiger partial charge is 0.232 e. The SMILES string of the molecule is CCC1=[N+](C)CC=C1. The molecule has 0 aromatic heterocycles. The second kappa shape index (κ2) is 2.12. The van der Waals surface area contributed by atoms with Crippen molar-refractivity contribution in [2.75, 3.05) is 13.6 Å². The summed E-state index contributed by atoms with van der Waals surface area (Å²) < 4.78 is 2.26. The lowest BCUT2D eigenvalue weighted by Crippen LogP contribution is -2.08. The van der Waals surface area contributed by atoms with Crippen LogP contribution < -0.4 is 0 Å². The molecule has 0 spiro atoms. The molecule has 0 aliphatic carbocycles. The molecule has 44 valence electrons. The fourth-order valence-corrected chi connectivity index (χ4v) is 0.979. The van der Waals surface area contributed by atoms with Gasteiger partial charge in [-0.05, 0) is 6.08 Å². The van der Waals surface area contributed by atoms with E-state index in [0.29, 0.717) is 0 Å². The van der Waals surface area contributed by atoms with E-state index >= 15 is 0 Å². The van der Waals surface area contributed by atoms with E-state index in [4.69, 9.17) is 0 Å². The number of hydrogen-bond donors (Lipinski definition) is 0. The molecule has 0 atom stereocenters. The predicted octanol–water partition coefficient (Wildman–Crippen LogP) is 1.05. The van der Waals surface area contributed by atoms with Gasteiger partial charge in [0.05, 0.1) is 0 Å². The van der Waals surface area contributed by atoms with E-state index in [2.05, 4.69) is 30.7 Å². The highest BCUT2D eigenvalue weighted by Crippen LogP contribution is 1.94. The molecule has 1 heterocycles. The molecule has 0 radical (unpaired) electrons. The molecule has 8 heavy (non-hydrogen) atoms. The van der Waals surface area contributed by atoms with Crippen molar-refractivity contribution in [1.82, 2.24) is 0 Å². The van der Waals surface area contributed by atoms with Crippen molar-refractivity contribution in [3.05, 3.63) is 12.2 Å². The second-order valence-electron chi connectivity index (χ2n) is 2.13. The first-order chi connectivity index (χ1) is 3.84. The lowest BCUT2D eigenvalue weighted by molar-refractivity contribution is -0.483. The van der Waals surface area contributed by atoms with Crippen LogP contribution in [0.3, 0.4) is 0 Å². The minimum atomic E-state index is 1.10. The summed E-state index contributed by atoms with van der Waals surface area (Å²) in [7, 11) is 2.12. The topological polar surface area (TPSA) is 3.01 Å². The molecule has 1 rings (SSSR count). The molecule has 0 saturated heterocycles. The Hall–Kier alpha value is -0.590. The van der Waals surface area contributed by atoms with Crippen LogP contribution in [0.15, 0.2) is 12.2 Å². The van der Waals surface area contributed by atoms with Crippen molar-refractivity contribution < 1.29 is 4.58 Å². The summed E-state index contributed by atoms with van der Waals surface area (Å²) in [6.07, 6.45) is 5.55. The molecule has 0 fully saturated rings. The van der Waals surface area contributed by atoms with Gasteiger partial charge in [0.2, 0.25) is 0 Å². The highest BCUT2D eigenvalue weighted by atomic mass is 15.0. The van der Waals surface area contributed by atoms with Crippen molar-refractivity contribution in [3.63, 3.8) is 0 Å². The number of likely N-dealkylation sites (N-methyl/N-ethyl adjacent to an activating group) is 1. The van der Waals surface area contributed by atoms with Gasteiger partial charge in [-0.1, -0.05) is 6.92 Å². The first-order valence-electron chi connectivity index (χ1n) is 3.08. The third-order valence-electron chi connectivity index (χ3n) is 1.54. The van der Waals surface area contributed by atoms with Crippen LogP contribution in [0.1, 0.15) is 13.3 Å². The van der Waals surface area contributed by atoms with Crippen LogP contribution in [0.25, 0.3) is 0 Å². The van der Waals surface area contributed by atoms with Crippen LogP contribution in [-0.2, 0) is 0 Å². The molecule has 0 aromatic carbocycles. The molecule has 0 unspecified atom stereocenters. The van der Waals surface area contributed by atoms with Crippen LogP contribution in [-0.4, -0.2) is 23.9 Å². The second-order valence-corrected chi connectivity index (χ2v) is 2.13. The summed E-state index contributed by atoms with van der Waals surface area (Å²) in [5, 5.41) is 0. The highest BCUT2D eigenvalue weighted by Gasteiger charge is 2.07. The molecular formula is C7H12N+. The maximum absolute atomic E-state index is 2.26.